The molecule has 0 saturated carbocycles. The number of aliphatic imine (C=N–C) groups is 1. The molecule has 1 aliphatic heterocycles. The number of benzene rings is 2. The Bertz CT molecular complexity index is 1070. The molecule has 3 aromatic rings. The van der Waals surface area contributed by atoms with Gasteiger partial charge >= 0.3 is 0 Å². The minimum absolute atomic E-state index is 0.176. The van der Waals surface area contributed by atoms with Crippen LogP contribution in [0.2, 0.25) is 0 Å². The molecule has 2 aromatic carbocycles. The van der Waals surface area contributed by atoms with E-state index in [1.165, 1.54) is 17.3 Å². The maximum absolute atomic E-state index is 12.2. The van der Waals surface area contributed by atoms with E-state index < -0.39 is 0 Å². The second kappa shape index (κ2) is 8.43. The fourth-order valence-electron chi connectivity index (χ4n) is 2.43. The van der Waals surface area contributed by atoms with E-state index in [1.54, 1.807) is 17.8 Å². The minimum Gasteiger partial charge on any atom is -0.450 e. The third-order valence-electron chi connectivity index (χ3n) is 3.82. The molecule has 2 heterocycles. The van der Waals surface area contributed by atoms with Crippen molar-refractivity contribution in [1.29, 1.82) is 0 Å². The lowest BCUT2D eigenvalue weighted by atomic mass is 10.2. The molecule has 4 rings (SSSR count). The van der Waals surface area contributed by atoms with Crippen molar-refractivity contribution in [3.8, 4) is 0 Å². The zero-order chi connectivity index (χ0) is 19.5. The summed E-state index contributed by atoms with van der Waals surface area (Å²) in [5, 5.41) is 4.12. The number of carbonyl (C=O) groups is 1. The number of amides is 1. The predicted octanol–water partition coefficient (Wildman–Crippen LogP) is 6.39. The van der Waals surface area contributed by atoms with Gasteiger partial charge in [0.15, 0.2) is 10.3 Å². The second-order valence-corrected chi connectivity index (χ2v) is 9.05. The number of carbonyl (C=O) groups excluding carboxylic acids is 1. The number of rotatable bonds is 4. The monoisotopic (exact) mass is 470 g/mol. The minimum atomic E-state index is -0.176. The van der Waals surface area contributed by atoms with E-state index in [1.807, 2.05) is 36.4 Å². The Balaban J connectivity index is 1.47. The fraction of sp³-hybridized carbons (Fsp3) is 0.0476. The van der Waals surface area contributed by atoms with Crippen LogP contribution in [0.4, 0.5) is 5.69 Å². The van der Waals surface area contributed by atoms with E-state index in [2.05, 4.69) is 57.4 Å². The highest BCUT2D eigenvalue weighted by Gasteiger charge is 2.24. The highest BCUT2D eigenvalue weighted by atomic mass is 79.9. The van der Waals surface area contributed by atoms with E-state index in [0.717, 1.165) is 20.1 Å². The fourth-order valence-corrected chi connectivity index (χ4v) is 4.30. The molecule has 1 saturated heterocycles. The molecule has 0 atom stereocenters. The van der Waals surface area contributed by atoms with Crippen LogP contribution in [0.25, 0.3) is 6.08 Å². The van der Waals surface area contributed by atoms with Crippen molar-refractivity contribution in [2.24, 2.45) is 4.99 Å². The Morgan fingerprint density at radius 3 is 2.57 bits per heavy atom. The van der Waals surface area contributed by atoms with Gasteiger partial charge in [-0.3, -0.25) is 4.79 Å². The van der Waals surface area contributed by atoms with Crippen LogP contribution >= 0.6 is 39.5 Å². The molecule has 0 radical (unpaired) electrons. The second-order valence-electron chi connectivity index (χ2n) is 6.03. The van der Waals surface area contributed by atoms with Crippen molar-refractivity contribution in [3.63, 3.8) is 0 Å². The first-order chi connectivity index (χ1) is 13.5. The summed E-state index contributed by atoms with van der Waals surface area (Å²) in [6.07, 6.45) is 1.74. The number of aryl methyl sites for hydroxylation is 1. The van der Waals surface area contributed by atoms with Crippen LogP contribution in [0.3, 0.4) is 0 Å². The Hall–Kier alpha value is -2.22. The first-order valence-corrected chi connectivity index (χ1v) is 10.9. The van der Waals surface area contributed by atoms with Crippen LogP contribution in [0.5, 0.6) is 0 Å². The van der Waals surface area contributed by atoms with E-state index in [0.29, 0.717) is 15.8 Å². The molecule has 28 heavy (non-hydrogen) atoms. The lowest BCUT2D eigenvalue weighted by Crippen LogP contribution is -2.19. The topological polar surface area (TPSA) is 54.6 Å². The van der Waals surface area contributed by atoms with Gasteiger partial charge in [-0.15, -0.1) is 0 Å². The number of nitrogens with one attached hydrogen (secondary N) is 1. The molecule has 4 nitrogen and oxygen atoms in total. The van der Waals surface area contributed by atoms with Crippen LogP contribution in [-0.4, -0.2) is 11.1 Å². The number of furan rings is 1. The maximum Gasteiger partial charge on any atom is 0.264 e. The van der Waals surface area contributed by atoms with Crippen molar-refractivity contribution in [3.05, 3.63) is 81.4 Å². The summed E-state index contributed by atoms with van der Waals surface area (Å²) < 4.78 is 6.83. The van der Waals surface area contributed by atoms with Gasteiger partial charge in [0, 0.05) is 15.4 Å². The molecule has 0 bridgehead atoms. The van der Waals surface area contributed by atoms with E-state index in [-0.39, 0.29) is 5.91 Å². The quantitative estimate of drug-likeness (QED) is 0.448. The van der Waals surface area contributed by atoms with Gasteiger partial charge < -0.3 is 9.73 Å². The highest BCUT2D eigenvalue weighted by Crippen LogP contribution is 2.32. The molecule has 140 valence electrons. The van der Waals surface area contributed by atoms with Crippen LogP contribution < -0.4 is 5.32 Å². The molecule has 1 aliphatic rings. The first kappa shape index (κ1) is 19.1. The van der Waals surface area contributed by atoms with Gasteiger partial charge in [0.05, 0.1) is 10.6 Å². The Morgan fingerprint density at radius 1 is 1.07 bits per heavy atom. The molecule has 0 unspecified atom stereocenters. The molecule has 1 aromatic heterocycles. The molecule has 1 fully saturated rings. The lowest BCUT2D eigenvalue weighted by Gasteiger charge is -1.98. The average Bonchev–Trinajstić information content (AvgIpc) is 3.26. The third kappa shape index (κ3) is 4.79. The van der Waals surface area contributed by atoms with Crippen molar-refractivity contribution in [1.82, 2.24) is 5.32 Å². The molecule has 1 N–H and O–H groups in total. The van der Waals surface area contributed by atoms with Gasteiger partial charge in [-0.25, -0.2) is 4.99 Å². The van der Waals surface area contributed by atoms with Crippen LogP contribution in [0.15, 0.2) is 89.4 Å². The number of halogens is 1. The van der Waals surface area contributed by atoms with Gasteiger partial charge in [0.25, 0.3) is 5.91 Å². The van der Waals surface area contributed by atoms with Crippen LogP contribution in [-0.2, 0) is 4.79 Å². The summed E-state index contributed by atoms with van der Waals surface area (Å²) >= 11 is 6.24. The number of amidine groups is 1. The third-order valence-corrected chi connectivity index (χ3v) is 6.19. The first-order valence-electron chi connectivity index (χ1n) is 8.45. The van der Waals surface area contributed by atoms with Crippen molar-refractivity contribution >= 4 is 62.3 Å². The zero-order valence-electron chi connectivity index (χ0n) is 14.8. The van der Waals surface area contributed by atoms with E-state index in [4.69, 9.17) is 4.42 Å². The molecular formula is C21H15BrN2O2S2. The smallest absolute Gasteiger partial charge is 0.264 e. The molecule has 0 spiro atoms. The summed E-state index contributed by atoms with van der Waals surface area (Å²) in [7, 11) is 0. The summed E-state index contributed by atoms with van der Waals surface area (Å²) in [4.78, 5) is 18.3. The summed E-state index contributed by atoms with van der Waals surface area (Å²) in [6, 6.07) is 19.6. The Morgan fingerprint density at radius 2 is 1.82 bits per heavy atom. The molecule has 0 aliphatic carbocycles. The van der Waals surface area contributed by atoms with Crippen LogP contribution in [0, 0.1) is 6.92 Å². The molecular weight excluding hydrogens is 456 g/mol. The Labute approximate surface area is 179 Å². The summed E-state index contributed by atoms with van der Waals surface area (Å²) in [5.74, 6) is 0.460. The normalized spacial score (nSPS) is 16.7. The summed E-state index contributed by atoms with van der Waals surface area (Å²) in [5.41, 5.74) is 2.00. The number of hydrogen-bond donors (Lipinski definition) is 1. The average molecular weight is 471 g/mol. The van der Waals surface area contributed by atoms with Gasteiger partial charge in [0.2, 0.25) is 0 Å². The van der Waals surface area contributed by atoms with Gasteiger partial charge in [-0.2, -0.15) is 0 Å². The summed E-state index contributed by atoms with van der Waals surface area (Å²) in [6.45, 7) is 2.06. The number of nitrogens with zero attached hydrogens (tertiary/aromatic N) is 1. The highest BCUT2D eigenvalue weighted by molar-refractivity contribution is 9.10. The lowest BCUT2D eigenvalue weighted by molar-refractivity contribution is -0.115. The number of hydrogen-bond acceptors (Lipinski definition) is 5. The van der Waals surface area contributed by atoms with E-state index in [9.17, 15) is 4.79 Å². The SMILES string of the molecule is Cc1ccc(Sc2ccc(/C=C3\SC(=Nc4ccc(Br)cc4)NC3=O)o2)cc1. The predicted molar refractivity (Wildman–Crippen MR) is 119 cm³/mol. The molecule has 1 amide bonds. The van der Waals surface area contributed by atoms with Gasteiger partial charge in [0.1, 0.15) is 5.76 Å². The molecule has 7 heteroatoms. The maximum atomic E-state index is 12.2. The van der Waals surface area contributed by atoms with E-state index >= 15 is 0 Å². The van der Waals surface area contributed by atoms with Gasteiger partial charge in [-0.05, 0) is 67.2 Å². The van der Waals surface area contributed by atoms with Crippen LogP contribution in [0.1, 0.15) is 11.3 Å². The van der Waals surface area contributed by atoms with Gasteiger partial charge in [-0.1, -0.05) is 45.4 Å². The Kier molecular flexibility index (Phi) is 5.75. The van der Waals surface area contributed by atoms with Crippen molar-refractivity contribution in [2.75, 3.05) is 0 Å². The standard InChI is InChI=1S/C21H15BrN2O2S2/c1-13-2-9-17(10-3-13)27-19-11-8-16(26-19)12-18-20(25)24-21(28-18)23-15-6-4-14(22)5-7-15/h2-12H,1H3,(H,23,24,25)/b18-12-. The van der Waals surface area contributed by atoms with Crippen molar-refractivity contribution < 1.29 is 9.21 Å². The van der Waals surface area contributed by atoms with Crippen molar-refractivity contribution in [2.45, 2.75) is 16.9 Å². The largest absolute Gasteiger partial charge is 0.450 e. The zero-order valence-corrected chi connectivity index (χ0v) is 18.0. The number of thioether (sulfide) groups is 1.